The van der Waals surface area contributed by atoms with Crippen LogP contribution in [0.3, 0.4) is 0 Å². The minimum atomic E-state index is -3.48. The van der Waals surface area contributed by atoms with E-state index >= 15 is 0 Å². The molecule has 0 atom stereocenters. The van der Waals surface area contributed by atoms with Crippen LogP contribution in [-0.2, 0) is 9.84 Å². The quantitative estimate of drug-likeness (QED) is 0.734. The Bertz CT molecular complexity index is 1090. The number of rotatable bonds is 4. The molecule has 1 fully saturated rings. The molecule has 0 saturated carbocycles. The van der Waals surface area contributed by atoms with Gasteiger partial charge in [-0.15, -0.1) is 0 Å². The van der Waals surface area contributed by atoms with Crippen LogP contribution in [0, 0.1) is 5.82 Å². The van der Waals surface area contributed by atoms with Gasteiger partial charge in [-0.3, -0.25) is 0 Å². The van der Waals surface area contributed by atoms with Crippen LogP contribution < -0.4 is 10.1 Å². The average Bonchev–Trinajstić information content (AvgIpc) is 3.07. The van der Waals surface area contributed by atoms with E-state index in [0.29, 0.717) is 17.1 Å². The lowest BCUT2D eigenvalue weighted by atomic mass is 10.1. The lowest BCUT2D eigenvalue weighted by Crippen LogP contribution is -2.34. The minimum absolute atomic E-state index is 0.0666. The van der Waals surface area contributed by atoms with Gasteiger partial charge >= 0.3 is 0 Å². The third-order valence-corrected chi connectivity index (χ3v) is 5.71. The Labute approximate surface area is 156 Å². The second kappa shape index (κ2) is 6.90. The highest BCUT2D eigenvalue weighted by Crippen LogP contribution is 2.29. The number of halogens is 1. The van der Waals surface area contributed by atoms with Crippen molar-refractivity contribution in [3.63, 3.8) is 0 Å². The van der Waals surface area contributed by atoms with Gasteiger partial charge in [-0.05, 0) is 44.1 Å². The van der Waals surface area contributed by atoms with Crippen molar-refractivity contribution >= 4 is 15.5 Å². The SMILES string of the molecule is CS(=O)(=O)c1ccc(-c2cnn3c(OC4CCNCC4)ccnc23)c(F)c1. The first-order valence-electron chi connectivity index (χ1n) is 8.63. The Morgan fingerprint density at radius 1 is 1.22 bits per heavy atom. The molecule has 1 aromatic carbocycles. The van der Waals surface area contributed by atoms with Crippen LogP contribution in [0.15, 0.2) is 41.6 Å². The number of aromatic nitrogens is 3. The third-order valence-electron chi connectivity index (χ3n) is 4.60. The van der Waals surface area contributed by atoms with Gasteiger partial charge in [0.05, 0.1) is 11.1 Å². The molecule has 27 heavy (non-hydrogen) atoms. The van der Waals surface area contributed by atoms with Gasteiger partial charge in [0.2, 0.25) is 5.88 Å². The third kappa shape index (κ3) is 3.52. The zero-order valence-corrected chi connectivity index (χ0v) is 15.5. The maximum absolute atomic E-state index is 14.6. The molecule has 7 nitrogen and oxygen atoms in total. The summed E-state index contributed by atoms with van der Waals surface area (Å²) in [4.78, 5) is 4.24. The van der Waals surface area contributed by atoms with Crippen LogP contribution >= 0.6 is 0 Å². The Balaban J connectivity index is 1.72. The molecule has 1 aliphatic rings. The molecule has 0 radical (unpaired) electrons. The molecular formula is C18H19FN4O3S. The largest absolute Gasteiger partial charge is 0.474 e. The van der Waals surface area contributed by atoms with Crippen LogP contribution in [0.2, 0.25) is 0 Å². The summed E-state index contributed by atoms with van der Waals surface area (Å²) in [5.74, 6) is -0.0920. The molecule has 9 heteroatoms. The molecule has 142 valence electrons. The summed E-state index contributed by atoms with van der Waals surface area (Å²) in [7, 11) is -3.48. The maximum atomic E-state index is 14.6. The van der Waals surface area contributed by atoms with E-state index in [9.17, 15) is 12.8 Å². The van der Waals surface area contributed by atoms with E-state index in [1.54, 1.807) is 16.8 Å². The van der Waals surface area contributed by atoms with Crippen LogP contribution in [0.1, 0.15) is 12.8 Å². The molecule has 1 N–H and O–H groups in total. The summed E-state index contributed by atoms with van der Waals surface area (Å²) in [5.41, 5.74) is 1.17. The number of ether oxygens (including phenoxy) is 1. The van der Waals surface area contributed by atoms with Gasteiger partial charge in [0.15, 0.2) is 15.5 Å². The standard InChI is InChI=1S/C18H19FN4O3S/c1-27(24,25)13-2-3-14(16(19)10-13)15-11-22-23-17(6-9-21-18(15)23)26-12-4-7-20-8-5-12/h2-3,6,9-12,20H,4-5,7-8H2,1H3. The second-order valence-electron chi connectivity index (χ2n) is 6.56. The fourth-order valence-electron chi connectivity index (χ4n) is 3.18. The topological polar surface area (TPSA) is 85.6 Å². The Hall–Kier alpha value is -2.52. The van der Waals surface area contributed by atoms with Gasteiger partial charge in [-0.25, -0.2) is 17.8 Å². The van der Waals surface area contributed by atoms with E-state index in [1.165, 1.54) is 18.3 Å². The second-order valence-corrected chi connectivity index (χ2v) is 8.57. The van der Waals surface area contributed by atoms with Crippen molar-refractivity contribution in [3.05, 3.63) is 42.5 Å². The summed E-state index contributed by atoms with van der Waals surface area (Å²) in [6.45, 7) is 1.81. The van der Waals surface area contributed by atoms with Crippen LogP contribution in [0.4, 0.5) is 4.39 Å². The monoisotopic (exact) mass is 390 g/mol. The van der Waals surface area contributed by atoms with Gasteiger partial charge in [-0.2, -0.15) is 9.61 Å². The van der Waals surface area contributed by atoms with E-state index < -0.39 is 15.7 Å². The van der Waals surface area contributed by atoms with Crippen molar-refractivity contribution in [2.24, 2.45) is 0 Å². The van der Waals surface area contributed by atoms with Crippen molar-refractivity contribution in [2.75, 3.05) is 19.3 Å². The lowest BCUT2D eigenvalue weighted by molar-refractivity contribution is 0.152. The first-order valence-corrected chi connectivity index (χ1v) is 10.5. The first-order chi connectivity index (χ1) is 12.9. The van der Waals surface area contributed by atoms with E-state index in [-0.39, 0.29) is 16.6 Å². The highest BCUT2D eigenvalue weighted by Gasteiger charge is 2.19. The molecular weight excluding hydrogens is 371 g/mol. The number of nitrogens with zero attached hydrogens (tertiary/aromatic N) is 3. The Morgan fingerprint density at radius 2 is 2.00 bits per heavy atom. The van der Waals surface area contributed by atoms with Gasteiger partial charge < -0.3 is 10.1 Å². The predicted octanol–water partition coefficient (Wildman–Crippen LogP) is 2.07. The summed E-state index contributed by atoms with van der Waals surface area (Å²) >= 11 is 0. The van der Waals surface area contributed by atoms with Crippen LogP contribution in [0.5, 0.6) is 5.88 Å². The van der Waals surface area contributed by atoms with E-state index in [4.69, 9.17) is 4.74 Å². The highest BCUT2D eigenvalue weighted by atomic mass is 32.2. The Kier molecular flexibility index (Phi) is 4.56. The first kappa shape index (κ1) is 17.9. The van der Waals surface area contributed by atoms with Crippen molar-refractivity contribution in [1.82, 2.24) is 19.9 Å². The fraction of sp³-hybridized carbons (Fsp3) is 0.333. The van der Waals surface area contributed by atoms with Crippen molar-refractivity contribution < 1.29 is 17.5 Å². The number of hydrogen-bond donors (Lipinski definition) is 1. The lowest BCUT2D eigenvalue weighted by Gasteiger charge is -2.23. The zero-order valence-electron chi connectivity index (χ0n) is 14.7. The number of hydrogen-bond acceptors (Lipinski definition) is 6. The molecule has 1 aliphatic heterocycles. The molecule has 0 amide bonds. The molecule has 0 unspecified atom stereocenters. The molecule has 0 spiro atoms. The van der Waals surface area contributed by atoms with Gasteiger partial charge in [-0.1, -0.05) is 0 Å². The zero-order chi connectivity index (χ0) is 19.0. The number of nitrogens with one attached hydrogen (secondary N) is 1. The van der Waals surface area contributed by atoms with Gasteiger partial charge in [0.25, 0.3) is 0 Å². The molecule has 1 saturated heterocycles. The number of fused-ring (bicyclic) bond motifs is 1. The predicted molar refractivity (Wildman–Crippen MR) is 98.0 cm³/mol. The van der Waals surface area contributed by atoms with E-state index in [2.05, 4.69) is 15.4 Å². The van der Waals surface area contributed by atoms with Crippen molar-refractivity contribution in [2.45, 2.75) is 23.8 Å². The fourth-order valence-corrected chi connectivity index (χ4v) is 3.81. The molecule has 0 aliphatic carbocycles. The maximum Gasteiger partial charge on any atom is 0.218 e. The van der Waals surface area contributed by atoms with Crippen LogP contribution in [0.25, 0.3) is 16.8 Å². The minimum Gasteiger partial charge on any atom is -0.474 e. The highest BCUT2D eigenvalue weighted by molar-refractivity contribution is 7.90. The van der Waals surface area contributed by atoms with E-state index in [1.807, 2.05) is 0 Å². The molecule has 3 aromatic rings. The average molecular weight is 390 g/mol. The smallest absolute Gasteiger partial charge is 0.218 e. The summed E-state index contributed by atoms with van der Waals surface area (Å²) in [5, 5.41) is 7.59. The number of piperidine rings is 1. The number of sulfone groups is 1. The van der Waals surface area contributed by atoms with Gasteiger partial charge in [0.1, 0.15) is 11.9 Å². The normalized spacial score (nSPS) is 15.9. The van der Waals surface area contributed by atoms with Gasteiger partial charge in [0, 0.05) is 29.6 Å². The van der Waals surface area contributed by atoms with Crippen LogP contribution in [-0.4, -0.2) is 48.5 Å². The molecule has 4 rings (SSSR count). The molecule has 2 aromatic heterocycles. The summed E-state index contributed by atoms with van der Waals surface area (Å²) < 4.78 is 45.4. The molecule has 0 bridgehead atoms. The number of benzene rings is 1. The van der Waals surface area contributed by atoms with E-state index in [0.717, 1.165) is 38.3 Å². The Morgan fingerprint density at radius 3 is 2.70 bits per heavy atom. The molecule has 3 heterocycles. The van der Waals surface area contributed by atoms with Crippen molar-refractivity contribution in [1.29, 1.82) is 0 Å². The summed E-state index contributed by atoms with van der Waals surface area (Å²) in [6, 6.07) is 5.57. The summed E-state index contributed by atoms with van der Waals surface area (Å²) in [6.07, 6.45) is 6.05. The van der Waals surface area contributed by atoms with Crippen molar-refractivity contribution in [3.8, 4) is 17.0 Å².